The highest BCUT2D eigenvalue weighted by Crippen LogP contribution is 2.18. The number of amides is 1. The SMILES string of the molecule is CCCNc1cnnc(Nc2cccc(NC(C)=O)c2)n1. The molecule has 0 saturated carbocycles. The van der Waals surface area contributed by atoms with Gasteiger partial charge in [-0.05, 0) is 24.6 Å². The highest BCUT2D eigenvalue weighted by molar-refractivity contribution is 5.89. The van der Waals surface area contributed by atoms with E-state index in [1.807, 2.05) is 18.2 Å². The number of anilines is 4. The van der Waals surface area contributed by atoms with Crippen molar-refractivity contribution in [1.82, 2.24) is 15.2 Å². The average molecular weight is 286 g/mol. The lowest BCUT2D eigenvalue weighted by molar-refractivity contribution is -0.114. The molecular weight excluding hydrogens is 268 g/mol. The summed E-state index contributed by atoms with van der Waals surface area (Å²) in [5.41, 5.74) is 1.48. The number of nitrogens with zero attached hydrogens (tertiary/aromatic N) is 3. The molecule has 0 bridgehead atoms. The van der Waals surface area contributed by atoms with Crippen LogP contribution in [-0.2, 0) is 4.79 Å². The molecule has 1 heterocycles. The molecule has 2 rings (SSSR count). The Hall–Kier alpha value is -2.70. The van der Waals surface area contributed by atoms with Gasteiger partial charge in [0.1, 0.15) is 0 Å². The molecule has 0 spiro atoms. The molecule has 110 valence electrons. The Morgan fingerprint density at radius 2 is 2.10 bits per heavy atom. The second-order valence-electron chi connectivity index (χ2n) is 4.48. The molecule has 0 aliphatic carbocycles. The smallest absolute Gasteiger partial charge is 0.249 e. The third-order valence-corrected chi connectivity index (χ3v) is 2.55. The van der Waals surface area contributed by atoms with Crippen LogP contribution in [0.2, 0.25) is 0 Å². The van der Waals surface area contributed by atoms with E-state index >= 15 is 0 Å². The molecule has 2 aromatic rings. The minimum absolute atomic E-state index is 0.115. The maximum atomic E-state index is 11.1. The van der Waals surface area contributed by atoms with E-state index in [-0.39, 0.29) is 5.91 Å². The molecule has 1 aromatic carbocycles. The molecular formula is C14H18N6O. The lowest BCUT2D eigenvalue weighted by atomic mass is 10.3. The summed E-state index contributed by atoms with van der Waals surface area (Å²) in [6.45, 7) is 4.38. The van der Waals surface area contributed by atoms with Crippen LogP contribution in [0.15, 0.2) is 30.5 Å². The van der Waals surface area contributed by atoms with Crippen molar-refractivity contribution >= 4 is 29.0 Å². The Bertz CT molecular complexity index is 616. The fraction of sp³-hybridized carbons (Fsp3) is 0.286. The standard InChI is InChI=1S/C14H18N6O/c1-3-7-15-13-9-16-20-14(19-13)18-12-6-4-5-11(8-12)17-10(2)21/h4-6,8-9H,3,7H2,1-2H3,(H,17,21)(H2,15,18,19,20). The number of aromatic nitrogens is 3. The predicted octanol–water partition coefficient (Wildman–Crippen LogP) is 2.40. The molecule has 7 heteroatoms. The zero-order valence-electron chi connectivity index (χ0n) is 12.1. The number of nitrogens with one attached hydrogen (secondary N) is 3. The van der Waals surface area contributed by atoms with Crippen molar-refractivity contribution in [1.29, 1.82) is 0 Å². The van der Waals surface area contributed by atoms with Gasteiger partial charge in [0.15, 0.2) is 5.82 Å². The van der Waals surface area contributed by atoms with Gasteiger partial charge >= 0.3 is 0 Å². The first-order valence-corrected chi connectivity index (χ1v) is 6.75. The molecule has 1 aromatic heterocycles. The summed E-state index contributed by atoms with van der Waals surface area (Å²) in [5, 5.41) is 16.8. The van der Waals surface area contributed by atoms with Gasteiger partial charge in [-0.1, -0.05) is 13.0 Å². The Morgan fingerprint density at radius 1 is 1.29 bits per heavy atom. The largest absolute Gasteiger partial charge is 0.369 e. The van der Waals surface area contributed by atoms with Gasteiger partial charge in [-0.2, -0.15) is 10.1 Å². The zero-order valence-corrected chi connectivity index (χ0v) is 12.1. The molecule has 7 nitrogen and oxygen atoms in total. The quantitative estimate of drug-likeness (QED) is 0.755. The lowest BCUT2D eigenvalue weighted by Gasteiger charge is -2.08. The lowest BCUT2D eigenvalue weighted by Crippen LogP contribution is -2.07. The Balaban J connectivity index is 2.08. The van der Waals surface area contributed by atoms with Crippen LogP contribution in [0.4, 0.5) is 23.1 Å². The molecule has 0 atom stereocenters. The van der Waals surface area contributed by atoms with Crippen LogP contribution in [-0.4, -0.2) is 27.6 Å². The number of hydrogen-bond donors (Lipinski definition) is 3. The summed E-state index contributed by atoms with van der Waals surface area (Å²) in [4.78, 5) is 15.4. The molecule has 21 heavy (non-hydrogen) atoms. The minimum atomic E-state index is -0.115. The van der Waals surface area contributed by atoms with E-state index in [4.69, 9.17) is 0 Å². The number of hydrogen-bond acceptors (Lipinski definition) is 6. The summed E-state index contributed by atoms with van der Waals surface area (Å²) < 4.78 is 0. The van der Waals surface area contributed by atoms with Crippen LogP contribution < -0.4 is 16.0 Å². The van der Waals surface area contributed by atoms with Gasteiger partial charge < -0.3 is 16.0 Å². The molecule has 0 saturated heterocycles. The van der Waals surface area contributed by atoms with E-state index in [0.29, 0.717) is 17.5 Å². The van der Waals surface area contributed by atoms with E-state index in [9.17, 15) is 4.79 Å². The monoisotopic (exact) mass is 286 g/mol. The van der Waals surface area contributed by atoms with Gasteiger partial charge in [0.05, 0.1) is 6.20 Å². The van der Waals surface area contributed by atoms with Crippen molar-refractivity contribution in [3.05, 3.63) is 30.5 Å². The van der Waals surface area contributed by atoms with Crippen molar-refractivity contribution in [2.24, 2.45) is 0 Å². The summed E-state index contributed by atoms with van der Waals surface area (Å²) >= 11 is 0. The number of carbonyl (C=O) groups excluding carboxylic acids is 1. The Labute approximate surface area is 123 Å². The van der Waals surface area contributed by atoms with Crippen molar-refractivity contribution in [2.75, 3.05) is 22.5 Å². The van der Waals surface area contributed by atoms with Crippen LogP contribution in [0.3, 0.4) is 0 Å². The summed E-state index contributed by atoms with van der Waals surface area (Å²) in [6, 6.07) is 7.31. The van der Waals surface area contributed by atoms with Gasteiger partial charge in [-0.25, -0.2) is 0 Å². The van der Waals surface area contributed by atoms with Crippen LogP contribution in [0.5, 0.6) is 0 Å². The van der Waals surface area contributed by atoms with Crippen LogP contribution in [0, 0.1) is 0 Å². The van der Waals surface area contributed by atoms with Gasteiger partial charge in [0.2, 0.25) is 11.9 Å². The van der Waals surface area contributed by atoms with E-state index in [0.717, 1.165) is 18.7 Å². The van der Waals surface area contributed by atoms with Crippen molar-refractivity contribution in [3.63, 3.8) is 0 Å². The summed E-state index contributed by atoms with van der Waals surface area (Å²) in [7, 11) is 0. The first kappa shape index (κ1) is 14.7. The van der Waals surface area contributed by atoms with Gasteiger partial charge in [0.25, 0.3) is 0 Å². The topological polar surface area (TPSA) is 91.8 Å². The van der Waals surface area contributed by atoms with E-state index < -0.39 is 0 Å². The zero-order chi connectivity index (χ0) is 15.1. The number of rotatable bonds is 6. The third kappa shape index (κ3) is 4.72. The normalized spacial score (nSPS) is 10.0. The molecule has 0 unspecified atom stereocenters. The molecule has 0 radical (unpaired) electrons. The second-order valence-corrected chi connectivity index (χ2v) is 4.48. The predicted molar refractivity (Wildman–Crippen MR) is 82.6 cm³/mol. The molecule has 3 N–H and O–H groups in total. The minimum Gasteiger partial charge on any atom is -0.369 e. The van der Waals surface area contributed by atoms with Gasteiger partial charge in [0, 0.05) is 24.8 Å². The van der Waals surface area contributed by atoms with E-state index in [1.54, 1.807) is 12.3 Å². The van der Waals surface area contributed by atoms with Crippen LogP contribution in [0.25, 0.3) is 0 Å². The molecule has 0 aliphatic rings. The summed E-state index contributed by atoms with van der Waals surface area (Å²) in [5.74, 6) is 0.958. The highest BCUT2D eigenvalue weighted by Gasteiger charge is 2.02. The summed E-state index contributed by atoms with van der Waals surface area (Å²) in [6.07, 6.45) is 2.58. The maximum Gasteiger partial charge on any atom is 0.249 e. The van der Waals surface area contributed by atoms with E-state index in [1.165, 1.54) is 6.92 Å². The van der Waals surface area contributed by atoms with Gasteiger partial charge in [-0.3, -0.25) is 4.79 Å². The first-order chi connectivity index (χ1) is 10.2. The Morgan fingerprint density at radius 3 is 2.86 bits per heavy atom. The van der Waals surface area contributed by atoms with Crippen LogP contribution in [0.1, 0.15) is 20.3 Å². The number of benzene rings is 1. The van der Waals surface area contributed by atoms with Gasteiger partial charge in [-0.15, -0.1) is 5.10 Å². The number of carbonyl (C=O) groups is 1. The first-order valence-electron chi connectivity index (χ1n) is 6.75. The maximum absolute atomic E-state index is 11.1. The van der Waals surface area contributed by atoms with Crippen LogP contribution >= 0.6 is 0 Å². The fourth-order valence-corrected chi connectivity index (χ4v) is 1.70. The van der Waals surface area contributed by atoms with Crippen molar-refractivity contribution in [3.8, 4) is 0 Å². The molecule has 0 fully saturated rings. The van der Waals surface area contributed by atoms with E-state index in [2.05, 4.69) is 38.1 Å². The van der Waals surface area contributed by atoms with Crippen molar-refractivity contribution < 1.29 is 4.79 Å². The fourth-order valence-electron chi connectivity index (χ4n) is 1.70. The Kier molecular flexibility index (Phi) is 5.03. The molecule has 1 amide bonds. The molecule has 0 aliphatic heterocycles. The average Bonchev–Trinajstić information content (AvgIpc) is 2.45. The second kappa shape index (κ2) is 7.18. The van der Waals surface area contributed by atoms with Crippen molar-refractivity contribution in [2.45, 2.75) is 20.3 Å². The third-order valence-electron chi connectivity index (χ3n) is 2.55. The highest BCUT2D eigenvalue weighted by atomic mass is 16.1.